The van der Waals surface area contributed by atoms with E-state index in [2.05, 4.69) is 15.6 Å². The van der Waals surface area contributed by atoms with Gasteiger partial charge in [0.05, 0.1) is 5.56 Å². The zero-order chi connectivity index (χ0) is 16.7. The Morgan fingerprint density at radius 2 is 1.74 bits per heavy atom. The van der Waals surface area contributed by atoms with Crippen molar-refractivity contribution in [2.24, 2.45) is 0 Å². The van der Waals surface area contributed by atoms with Crippen molar-refractivity contribution < 1.29 is 9.59 Å². The molecule has 0 aliphatic carbocycles. The predicted molar refractivity (Wildman–Crippen MR) is 89.7 cm³/mol. The fourth-order valence-corrected chi connectivity index (χ4v) is 2.12. The van der Waals surface area contributed by atoms with Crippen LogP contribution in [-0.4, -0.2) is 29.9 Å². The van der Waals surface area contributed by atoms with Crippen LogP contribution >= 0.6 is 11.6 Å². The fraction of sp³-hybridized carbons (Fsp3) is 0.235. The minimum absolute atomic E-state index is 0.168. The van der Waals surface area contributed by atoms with E-state index in [9.17, 15) is 9.59 Å². The summed E-state index contributed by atoms with van der Waals surface area (Å²) in [5.74, 6) is -0.347. The van der Waals surface area contributed by atoms with Gasteiger partial charge in [0.25, 0.3) is 11.8 Å². The predicted octanol–water partition coefficient (Wildman–Crippen LogP) is 2.59. The third-order valence-electron chi connectivity index (χ3n) is 3.19. The third kappa shape index (κ3) is 5.38. The molecule has 1 aromatic carbocycles. The molecule has 2 N–H and O–H groups in total. The van der Waals surface area contributed by atoms with Crippen molar-refractivity contribution in [1.29, 1.82) is 0 Å². The number of aryl methyl sites for hydroxylation is 1. The average molecular weight is 332 g/mol. The molecule has 0 saturated heterocycles. The van der Waals surface area contributed by atoms with Crippen LogP contribution in [0.1, 0.15) is 32.8 Å². The summed E-state index contributed by atoms with van der Waals surface area (Å²) >= 11 is 5.84. The van der Waals surface area contributed by atoms with Crippen molar-refractivity contribution >= 4 is 23.4 Å². The van der Waals surface area contributed by atoms with Crippen LogP contribution in [0.2, 0.25) is 5.02 Å². The van der Waals surface area contributed by atoms with Crippen molar-refractivity contribution in [3.8, 4) is 0 Å². The summed E-state index contributed by atoms with van der Waals surface area (Å²) in [6.07, 6.45) is 2.18. The quantitative estimate of drug-likeness (QED) is 0.799. The van der Waals surface area contributed by atoms with Crippen LogP contribution in [0.4, 0.5) is 0 Å². The first-order chi connectivity index (χ1) is 11.1. The van der Waals surface area contributed by atoms with Gasteiger partial charge >= 0.3 is 0 Å². The monoisotopic (exact) mass is 331 g/mol. The molecule has 1 heterocycles. The Hall–Kier alpha value is -2.40. The molecule has 6 heteroatoms. The average Bonchev–Trinajstić information content (AvgIpc) is 2.54. The van der Waals surface area contributed by atoms with Crippen LogP contribution in [0.15, 0.2) is 42.6 Å². The summed E-state index contributed by atoms with van der Waals surface area (Å²) in [4.78, 5) is 27.8. The van der Waals surface area contributed by atoms with Gasteiger partial charge in [-0.05, 0) is 43.7 Å². The molecule has 23 heavy (non-hydrogen) atoms. The van der Waals surface area contributed by atoms with E-state index in [0.717, 1.165) is 5.69 Å². The first-order valence-electron chi connectivity index (χ1n) is 7.31. The molecule has 0 atom stereocenters. The zero-order valence-corrected chi connectivity index (χ0v) is 13.6. The largest absolute Gasteiger partial charge is 0.352 e. The summed E-state index contributed by atoms with van der Waals surface area (Å²) in [5, 5.41) is 6.10. The highest BCUT2D eigenvalue weighted by atomic mass is 35.5. The molecule has 2 aromatic rings. The van der Waals surface area contributed by atoms with E-state index in [1.165, 1.54) is 0 Å². The van der Waals surface area contributed by atoms with Gasteiger partial charge < -0.3 is 10.6 Å². The second-order valence-electron chi connectivity index (χ2n) is 5.06. The Morgan fingerprint density at radius 1 is 1.04 bits per heavy atom. The second-order valence-corrected chi connectivity index (χ2v) is 5.50. The number of halogens is 1. The van der Waals surface area contributed by atoms with Crippen molar-refractivity contribution in [3.63, 3.8) is 0 Å². The highest BCUT2D eigenvalue weighted by Gasteiger charge is 2.06. The number of benzene rings is 1. The molecule has 0 aliphatic heterocycles. The Bertz CT molecular complexity index is 686. The maximum atomic E-state index is 11.9. The molecule has 0 radical (unpaired) electrons. The molecule has 5 nitrogen and oxygen atoms in total. The lowest BCUT2D eigenvalue weighted by molar-refractivity contribution is 0.0951. The van der Waals surface area contributed by atoms with Crippen LogP contribution < -0.4 is 10.6 Å². The highest BCUT2D eigenvalue weighted by molar-refractivity contribution is 6.30. The number of carbonyl (C=O) groups excluding carboxylic acids is 2. The van der Waals surface area contributed by atoms with Gasteiger partial charge in [-0.3, -0.25) is 14.6 Å². The normalized spacial score (nSPS) is 10.2. The smallest absolute Gasteiger partial charge is 0.252 e. The van der Waals surface area contributed by atoms with E-state index in [1.807, 2.05) is 6.92 Å². The fourth-order valence-electron chi connectivity index (χ4n) is 1.93. The van der Waals surface area contributed by atoms with Crippen molar-refractivity contribution in [1.82, 2.24) is 15.6 Å². The molecule has 0 aliphatic rings. The van der Waals surface area contributed by atoms with Crippen LogP contribution in [-0.2, 0) is 0 Å². The highest BCUT2D eigenvalue weighted by Crippen LogP contribution is 2.10. The zero-order valence-electron chi connectivity index (χ0n) is 12.8. The number of amides is 2. The maximum Gasteiger partial charge on any atom is 0.252 e. The van der Waals surface area contributed by atoms with Crippen LogP contribution in [0.25, 0.3) is 0 Å². The summed E-state index contributed by atoms with van der Waals surface area (Å²) < 4.78 is 0. The molecule has 2 amide bonds. The molecule has 2 rings (SSSR count). The Morgan fingerprint density at radius 3 is 2.35 bits per heavy atom. The molecule has 0 saturated carbocycles. The van der Waals surface area contributed by atoms with Crippen molar-refractivity contribution in [2.45, 2.75) is 13.3 Å². The molecule has 1 aromatic heterocycles. The molecular weight excluding hydrogens is 314 g/mol. The van der Waals surface area contributed by atoms with Gasteiger partial charge in [0, 0.05) is 35.6 Å². The maximum absolute atomic E-state index is 11.9. The minimum Gasteiger partial charge on any atom is -0.352 e. The van der Waals surface area contributed by atoms with Gasteiger partial charge in [-0.1, -0.05) is 17.7 Å². The number of nitrogens with one attached hydrogen (secondary N) is 2. The Kier molecular flexibility index (Phi) is 6.11. The third-order valence-corrected chi connectivity index (χ3v) is 3.42. The Balaban J connectivity index is 1.68. The summed E-state index contributed by atoms with van der Waals surface area (Å²) in [6.45, 7) is 2.81. The molecule has 0 fully saturated rings. The van der Waals surface area contributed by atoms with Crippen molar-refractivity contribution in [3.05, 3.63) is 64.4 Å². The number of nitrogens with zero attached hydrogens (tertiary/aromatic N) is 1. The number of hydrogen-bond donors (Lipinski definition) is 2. The van der Waals surface area contributed by atoms with E-state index in [-0.39, 0.29) is 11.8 Å². The summed E-state index contributed by atoms with van der Waals surface area (Å²) in [6, 6.07) is 10.3. The lowest BCUT2D eigenvalue weighted by atomic mass is 10.2. The van der Waals surface area contributed by atoms with Crippen LogP contribution in [0, 0.1) is 6.92 Å². The van der Waals surface area contributed by atoms with Crippen LogP contribution in [0.3, 0.4) is 0 Å². The Labute approximate surface area is 140 Å². The lowest BCUT2D eigenvalue weighted by Crippen LogP contribution is -2.30. The SMILES string of the molecule is Cc1ccc(C(=O)NCCCNC(=O)c2cccc(Cl)c2)cn1. The molecular formula is C17H18ClN3O2. The topological polar surface area (TPSA) is 71.1 Å². The first kappa shape index (κ1) is 17.0. The first-order valence-corrected chi connectivity index (χ1v) is 7.68. The number of carbonyl (C=O) groups is 2. The van der Waals surface area contributed by atoms with Gasteiger partial charge in [0.1, 0.15) is 0 Å². The minimum atomic E-state index is -0.179. The number of rotatable bonds is 6. The second kappa shape index (κ2) is 8.29. The van der Waals surface area contributed by atoms with E-state index < -0.39 is 0 Å². The van der Waals surface area contributed by atoms with Gasteiger partial charge in [0.15, 0.2) is 0 Å². The van der Waals surface area contributed by atoms with E-state index in [1.54, 1.807) is 42.6 Å². The van der Waals surface area contributed by atoms with Crippen LogP contribution in [0.5, 0.6) is 0 Å². The van der Waals surface area contributed by atoms with Gasteiger partial charge in [-0.2, -0.15) is 0 Å². The molecule has 120 valence electrons. The van der Waals surface area contributed by atoms with E-state index in [0.29, 0.717) is 35.7 Å². The number of pyridine rings is 1. The number of aromatic nitrogens is 1. The molecule has 0 bridgehead atoms. The number of hydrogen-bond acceptors (Lipinski definition) is 3. The van der Waals surface area contributed by atoms with Gasteiger partial charge in [0.2, 0.25) is 0 Å². The molecule has 0 spiro atoms. The lowest BCUT2D eigenvalue weighted by Gasteiger charge is -2.07. The summed E-state index contributed by atoms with van der Waals surface area (Å²) in [5.41, 5.74) is 1.91. The van der Waals surface area contributed by atoms with E-state index in [4.69, 9.17) is 11.6 Å². The standard InChI is InChI=1S/C17H18ClN3O2/c1-12-6-7-14(11-21-12)17(23)20-9-3-8-19-16(22)13-4-2-5-15(18)10-13/h2,4-7,10-11H,3,8-9H2,1H3,(H,19,22)(H,20,23). The van der Waals surface area contributed by atoms with E-state index >= 15 is 0 Å². The summed E-state index contributed by atoms with van der Waals surface area (Å²) in [7, 11) is 0. The van der Waals surface area contributed by atoms with Gasteiger partial charge in [-0.25, -0.2) is 0 Å². The molecule has 0 unspecified atom stereocenters. The van der Waals surface area contributed by atoms with Crippen molar-refractivity contribution in [2.75, 3.05) is 13.1 Å². The van der Waals surface area contributed by atoms with Gasteiger partial charge in [-0.15, -0.1) is 0 Å².